The number of carbonyl (C=O) groups excluding carboxylic acids is 2. The van der Waals surface area contributed by atoms with Crippen molar-refractivity contribution in [1.29, 1.82) is 0 Å². The molecule has 0 aromatic carbocycles. The molecule has 2 rings (SSSR count). The molecule has 0 spiro atoms. The molecule has 2 fully saturated rings. The lowest BCUT2D eigenvalue weighted by Crippen LogP contribution is -2.58. The molecular formula is C16H29N3O2. The normalized spacial score (nSPS) is 30.9. The highest BCUT2D eigenvalue weighted by Gasteiger charge is 2.40. The van der Waals surface area contributed by atoms with Crippen molar-refractivity contribution in [3.05, 3.63) is 0 Å². The summed E-state index contributed by atoms with van der Waals surface area (Å²) in [5.41, 5.74) is 5.74. The Balaban J connectivity index is 1.98. The zero-order chi connectivity index (χ0) is 15.5. The minimum Gasteiger partial charge on any atom is -0.341 e. The zero-order valence-corrected chi connectivity index (χ0v) is 13.4. The summed E-state index contributed by atoms with van der Waals surface area (Å²) in [7, 11) is 0. The third-order valence-electron chi connectivity index (χ3n) is 4.90. The topological polar surface area (TPSA) is 66.6 Å². The van der Waals surface area contributed by atoms with Crippen LogP contribution in [0, 0.1) is 5.92 Å². The average molecular weight is 295 g/mol. The number of hydrogen-bond acceptors (Lipinski definition) is 3. The molecule has 1 aliphatic carbocycles. The maximum atomic E-state index is 12.8. The van der Waals surface area contributed by atoms with Crippen LogP contribution in [-0.4, -0.2) is 53.3 Å². The van der Waals surface area contributed by atoms with Crippen molar-refractivity contribution < 1.29 is 9.59 Å². The second kappa shape index (κ2) is 6.77. The van der Waals surface area contributed by atoms with Gasteiger partial charge in [0.1, 0.15) is 0 Å². The van der Waals surface area contributed by atoms with E-state index in [-0.39, 0.29) is 11.8 Å². The molecule has 5 nitrogen and oxygen atoms in total. The van der Waals surface area contributed by atoms with Crippen LogP contribution in [0.5, 0.6) is 0 Å². The molecule has 2 amide bonds. The Labute approximate surface area is 127 Å². The van der Waals surface area contributed by atoms with Gasteiger partial charge in [-0.25, -0.2) is 0 Å². The van der Waals surface area contributed by atoms with Crippen LogP contribution in [0.15, 0.2) is 0 Å². The highest BCUT2D eigenvalue weighted by Crippen LogP contribution is 2.32. The van der Waals surface area contributed by atoms with E-state index in [0.29, 0.717) is 25.4 Å². The summed E-state index contributed by atoms with van der Waals surface area (Å²) in [5.74, 6) is 0.802. The Morgan fingerprint density at radius 3 is 2.48 bits per heavy atom. The van der Waals surface area contributed by atoms with Gasteiger partial charge in [-0.2, -0.15) is 0 Å². The van der Waals surface area contributed by atoms with Gasteiger partial charge >= 0.3 is 0 Å². The zero-order valence-electron chi connectivity index (χ0n) is 13.4. The first-order chi connectivity index (χ1) is 9.96. The summed E-state index contributed by atoms with van der Waals surface area (Å²) in [6.45, 7) is 6.80. The van der Waals surface area contributed by atoms with Crippen LogP contribution in [-0.2, 0) is 9.59 Å². The minimum atomic E-state index is -0.679. The predicted molar refractivity (Wildman–Crippen MR) is 82.6 cm³/mol. The third kappa shape index (κ3) is 3.76. The summed E-state index contributed by atoms with van der Waals surface area (Å²) >= 11 is 0. The van der Waals surface area contributed by atoms with Crippen LogP contribution in [0.3, 0.4) is 0 Å². The quantitative estimate of drug-likeness (QED) is 0.836. The third-order valence-corrected chi connectivity index (χ3v) is 4.90. The number of carbonyl (C=O) groups is 2. The Morgan fingerprint density at radius 1 is 1.14 bits per heavy atom. The van der Waals surface area contributed by atoms with Crippen molar-refractivity contribution in [2.75, 3.05) is 26.2 Å². The van der Waals surface area contributed by atoms with Gasteiger partial charge in [0.2, 0.25) is 11.8 Å². The molecular weight excluding hydrogens is 266 g/mol. The number of nitrogens with zero attached hydrogens (tertiary/aromatic N) is 2. The molecule has 120 valence electrons. The SMILES string of the molecule is CCC(=O)N1CCCN(C(=O)C2(N)CCCC(C)C2)CC1. The highest BCUT2D eigenvalue weighted by atomic mass is 16.2. The van der Waals surface area contributed by atoms with Crippen molar-refractivity contribution in [2.24, 2.45) is 11.7 Å². The maximum absolute atomic E-state index is 12.8. The monoisotopic (exact) mass is 295 g/mol. The van der Waals surface area contributed by atoms with Gasteiger partial charge in [-0.3, -0.25) is 9.59 Å². The van der Waals surface area contributed by atoms with Crippen LogP contribution in [0.1, 0.15) is 52.4 Å². The van der Waals surface area contributed by atoms with Gasteiger partial charge in [0, 0.05) is 32.6 Å². The van der Waals surface area contributed by atoms with E-state index in [1.54, 1.807) is 0 Å². The molecule has 1 saturated heterocycles. The molecule has 0 radical (unpaired) electrons. The van der Waals surface area contributed by atoms with Crippen LogP contribution in [0.2, 0.25) is 0 Å². The fourth-order valence-electron chi connectivity index (χ4n) is 3.69. The van der Waals surface area contributed by atoms with E-state index >= 15 is 0 Å². The van der Waals surface area contributed by atoms with E-state index in [1.807, 2.05) is 16.7 Å². The Morgan fingerprint density at radius 2 is 1.81 bits per heavy atom. The Hall–Kier alpha value is -1.10. The molecule has 1 saturated carbocycles. The van der Waals surface area contributed by atoms with Crippen LogP contribution < -0.4 is 5.73 Å². The lowest BCUT2D eigenvalue weighted by atomic mass is 9.76. The van der Waals surface area contributed by atoms with Gasteiger partial charge in [0.15, 0.2) is 0 Å². The van der Waals surface area contributed by atoms with Crippen LogP contribution >= 0.6 is 0 Å². The van der Waals surface area contributed by atoms with E-state index in [9.17, 15) is 9.59 Å². The largest absolute Gasteiger partial charge is 0.341 e. The lowest BCUT2D eigenvalue weighted by molar-refractivity contribution is -0.139. The molecule has 1 heterocycles. The summed E-state index contributed by atoms with van der Waals surface area (Å²) < 4.78 is 0. The molecule has 5 heteroatoms. The van der Waals surface area contributed by atoms with Crippen molar-refractivity contribution >= 4 is 11.8 Å². The molecule has 2 atom stereocenters. The second-order valence-corrected chi connectivity index (χ2v) is 6.74. The summed E-state index contributed by atoms with van der Waals surface area (Å²) in [5, 5.41) is 0. The van der Waals surface area contributed by atoms with Crippen LogP contribution in [0.25, 0.3) is 0 Å². The minimum absolute atomic E-state index is 0.0971. The smallest absolute Gasteiger partial charge is 0.242 e. The van der Waals surface area contributed by atoms with Crippen LogP contribution in [0.4, 0.5) is 0 Å². The molecule has 0 bridgehead atoms. The fourth-order valence-corrected chi connectivity index (χ4v) is 3.69. The van der Waals surface area contributed by atoms with E-state index in [0.717, 1.165) is 38.8 Å². The first-order valence-corrected chi connectivity index (χ1v) is 8.32. The molecule has 2 aliphatic rings. The molecule has 21 heavy (non-hydrogen) atoms. The number of nitrogens with two attached hydrogens (primary N) is 1. The van der Waals surface area contributed by atoms with Gasteiger partial charge < -0.3 is 15.5 Å². The van der Waals surface area contributed by atoms with Crippen molar-refractivity contribution in [1.82, 2.24) is 9.80 Å². The maximum Gasteiger partial charge on any atom is 0.242 e. The number of hydrogen-bond donors (Lipinski definition) is 1. The van der Waals surface area contributed by atoms with Gasteiger partial charge in [-0.05, 0) is 25.2 Å². The van der Waals surface area contributed by atoms with E-state index in [1.165, 1.54) is 6.42 Å². The number of amides is 2. The Bertz CT molecular complexity index is 399. The predicted octanol–water partition coefficient (Wildman–Crippen LogP) is 1.36. The van der Waals surface area contributed by atoms with Gasteiger partial charge in [0.25, 0.3) is 0 Å². The molecule has 0 aromatic heterocycles. The average Bonchev–Trinajstić information content (AvgIpc) is 2.71. The van der Waals surface area contributed by atoms with Crippen molar-refractivity contribution in [3.63, 3.8) is 0 Å². The van der Waals surface area contributed by atoms with E-state index in [4.69, 9.17) is 5.73 Å². The first kappa shape index (κ1) is 16.3. The van der Waals surface area contributed by atoms with E-state index in [2.05, 4.69) is 6.92 Å². The Kier molecular flexibility index (Phi) is 5.25. The first-order valence-electron chi connectivity index (χ1n) is 8.32. The molecule has 2 unspecified atom stereocenters. The van der Waals surface area contributed by atoms with Gasteiger partial charge in [-0.1, -0.05) is 26.7 Å². The highest BCUT2D eigenvalue weighted by molar-refractivity contribution is 5.86. The molecule has 1 aliphatic heterocycles. The lowest BCUT2D eigenvalue weighted by Gasteiger charge is -2.39. The van der Waals surface area contributed by atoms with Gasteiger partial charge in [-0.15, -0.1) is 0 Å². The summed E-state index contributed by atoms with van der Waals surface area (Å²) in [4.78, 5) is 28.4. The second-order valence-electron chi connectivity index (χ2n) is 6.74. The summed E-state index contributed by atoms with van der Waals surface area (Å²) in [6, 6.07) is 0. The van der Waals surface area contributed by atoms with E-state index < -0.39 is 5.54 Å². The molecule has 2 N–H and O–H groups in total. The van der Waals surface area contributed by atoms with Crippen molar-refractivity contribution in [3.8, 4) is 0 Å². The van der Waals surface area contributed by atoms with Gasteiger partial charge in [0.05, 0.1) is 5.54 Å². The van der Waals surface area contributed by atoms with Crippen molar-refractivity contribution in [2.45, 2.75) is 57.9 Å². The number of rotatable bonds is 2. The standard InChI is InChI=1S/C16H29N3O2/c1-3-14(20)18-8-5-9-19(11-10-18)15(21)16(17)7-4-6-13(2)12-16/h13H,3-12,17H2,1-2H3. The fraction of sp³-hybridized carbons (Fsp3) is 0.875. The summed E-state index contributed by atoms with van der Waals surface area (Å²) in [6.07, 6.45) is 5.18. The molecule has 0 aromatic rings.